The highest BCUT2D eigenvalue weighted by molar-refractivity contribution is 5.44. The Labute approximate surface area is 116 Å². The molecule has 3 heterocycles. The number of rotatable bonds is 5. The van der Waals surface area contributed by atoms with Gasteiger partial charge in [0.05, 0.1) is 25.5 Å². The number of nitrogens with zero attached hydrogens (tertiary/aromatic N) is 3. The lowest BCUT2D eigenvalue weighted by atomic mass is 10.2. The van der Waals surface area contributed by atoms with Gasteiger partial charge in [0, 0.05) is 19.6 Å². The van der Waals surface area contributed by atoms with Crippen LogP contribution in [0.2, 0.25) is 0 Å². The number of furan rings is 1. The highest BCUT2D eigenvalue weighted by Crippen LogP contribution is 2.17. The Morgan fingerprint density at radius 1 is 1.50 bits per heavy atom. The van der Waals surface area contributed by atoms with Gasteiger partial charge >= 0.3 is 0 Å². The highest BCUT2D eigenvalue weighted by atomic mass is 16.5. The molecule has 3 rings (SSSR count). The van der Waals surface area contributed by atoms with Gasteiger partial charge in [0.15, 0.2) is 5.76 Å². The molecule has 1 N–H and O–H groups in total. The van der Waals surface area contributed by atoms with Crippen molar-refractivity contribution in [3.63, 3.8) is 0 Å². The highest BCUT2D eigenvalue weighted by Gasteiger charge is 2.22. The summed E-state index contributed by atoms with van der Waals surface area (Å²) in [5.74, 6) is 1.71. The quantitative estimate of drug-likeness (QED) is 0.864. The van der Waals surface area contributed by atoms with E-state index in [1.54, 1.807) is 12.3 Å². The number of ether oxygens (including phenoxy) is 1. The molecule has 0 aromatic carbocycles. The normalized spacial score (nSPS) is 20.4. The number of hydrogen-bond donors (Lipinski definition) is 1. The van der Waals surface area contributed by atoms with Crippen LogP contribution in [0.4, 0.5) is 0 Å². The summed E-state index contributed by atoms with van der Waals surface area (Å²) in [4.78, 5) is 6.60. The molecule has 0 aliphatic carbocycles. The van der Waals surface area contributed by atoms with E-state index in [4.69, 9.17) is 13.7 Å². The SMILES string of the molecule is CNCC1CN(Cc2nc(-c3ccco3)no2)CCO1. The summed E-state index contributed by atoms with van der Waals surface area (Å²) in [5, 5.41) is 7.06. The molecule has 1 saturated heterocycles. The first-order valence-electron chi connectivity index (χ1n) is 6.70. The van der Waals surface area contributed by atoms with Gasteiger partial charge in [-0.25, -0.2) is 0 Å². The molecule has 20 heavy (non-hydrogen) atoms. The summed E-state index contributed by atoms with van der Waals surface area (Å²) >= 11 is 0. The first-order valence-corrected chi connectivity index (χ1v) is 6.70. The van der Waals surface area contributed by atoms with Gasteiger partial charge in [-0.2, -0.15) is 4.98 Å². The minimum absolute atomic E-state index is 0.209. The number of nitrogens with one attached hydrogen (secondary N) is 1. The van der Waals surface area contributed by atoms with Crippen LogP contribution in [-0.4, -0.2) is 54.4 Å². The average Bonchev–Trinajstić information content (AvgIpc) is 3.10. The fraction of sp³-hybridized carbons (Fsp3) is 0.538. The second-order valence-corrected chi connectivity index (χ2v) is 4.77. The molecule has 2 aromatic heterocycles. The third-order valence-electron chi connectivity index (χ3n) is 3.22. The van der Waals surface area contributed by atoms with E-state index in [0.29, 0.717) is 24.0 Å². The molecule has 1 aliphatic rings. The van der Waals surface area contributed by atoms with Gasteiger partial charge in [-0.3, -0.25) is 4.90 Å². The first-order chi connectivity index (χ1) is 9.85. The Kier molecular flexibility index (Phi) is 4.10. The molecule has 0 radical (unpaired) electrons. The Balaban J connectivity index is 1.60. The van der Waals surface area contributed by atoms with E-state index >= 15 is 0 Å². The van der Waals surface area contributed by atoms with E-state index < -0.39 is 0 Å². The van der Waals surface area contributed by atoms with Gasteiger partial charge in [0.25, 0.3) is 0 Å². The summed E-state index contributed by atoms with van der Waals surface area (Å²) in [5.41, 5.74) is 0. The molecule has 1 fully saturated rings. The molecule has 0 bridgehead atoms. The van der Waals surface area contributed by atoms with E-state index in [1.807, 2.05) is 13.1 Å². The topological polar surface area (TPSA) is 76.6 Å². The van der Waals surface area contributed by atoms with E-state index in [2.05, 4.69) is 20.4 Å². The van der Waals surface area contributed by atoms with Crippen molar-refractivity contribution in [1.82, 2.24) is 20.4 Å². The maximum Gasteiger partial charge on any atom is 0.241 e. The molecule has 7 nitrogen and oxygen atoms in total. The summed E-state index contributed by atoms with van der Waals surface area (Å²) in [6.07, 6.45) is 1.80. The molecule has 0 amide bonds. The molecule has 2 aromatic rings. The standard InChI is InChI=1S/C13H18N4O3/c1-14-7-10-8-17(4-6-18-10)9-12-15-13(16-20-12)11-3-2-5-19-11/h2-3,5,10,14H,4,6-9H2,1H3. The minimum atomic E-state index is 0.209. The molecular weight excluding hydrogens is 260 g/mol. The molecule has 108 valence electrons. The van der Waals surface area contributed by atoms with Crippen molar-refractivity contribution in [2.45, 2.75) is 12.6 Å². The number of morpholine rings is 1. The lowest BCUT2D eigenvalue weighted by molar-refractivity contribution is -0.0318. The van der Waals surface area contributed by atoms with E-state index in [9.17, 15) is 0 Å². The van der Waals surface area contributed by atoms with Gasteiger partial charge < -0.3 is 19.0 Å². The predicted octanol–water partition coefficient (Wildman–Crippen LogP) is 0.750. The van der Waals surface area contributed by atoms with Crippen molar-refractivity contribution in [3.05, 3.63) is 24.3 Å². The van der Waals surface area contributed by atoms with Crippen LogP contribution in [-0.2, 0) is 11.3 Å². The minimum Gasteiger partial charge on any atom is -0.461 e. The maximum atomic E-state index is 5.66. The zero-order chi connectivity index (χ0) is 13.8. The van der Waals surface area contributed by atoms with Gasteiger partial charge in [-0.05, 0) is 19.2 Å². The van der Waals surface area contributed by atoms with Crippen molar-refractivity contribution in [3.8, 4) is 11.6 Å². The van der Waals surface area contributed by atoms with Gasteiger partial charge in [0.1, 0.15) is 0 Å². The molecule has 1 atom stereocenters. The van der Waals surface area contributed by atoms with Crippen molar-refractivity contribution in [2.75, 3.05) is 33.3 Å². The molecule has 0 saturated carbocycles. The smallest absolute Gasteiger partial charge is 0.241 e. The Bertz CT molecular complexity index is 523. The first kappa shape index (κ1) is 13.3. The second kappa shape index (κ2) is 6.17. The largest absolute Gasteiger partial charge is 0.461 e. The molecule has 1 unspecified atom stereocenters. The fourth-order valence-corrected chi connectivity index (χ4v) is 2.29. The zero-order valence-corrected chi connectivity index (χ0v) is 11.4. The van der Waals surface area contributed by atoms with Crippen LogP contribution in [0.25, 0.3) is 11.6 Å². The van der Waals surface area contributed by atoms with Crippen LogP contribution in [0.1, 0.15) is 5.89 Å². The lowest BCUT2D eigenvalue weighted by Gasteiger charge is -2.31. The van der Waals surface area contributed by atoms with E-state index in [1.165, 1.54) is 0 Å². The second-order valence-electron chi connectivity index (χ2n) is 4.77. The number of aromatic nitrogens is 2. The van der Waals surface area contributed by atoms with E-state index in [0.717, 1.165) is 26.2 Å². The molecule has 0 spiro atoms. The average molecular weight is 278 g/mol. The lowest BCUT2D eigenvalue weighted by Crippen LogP contribution is -2.45. The van der Waals surface area contributed by atoms with Crippen LogP contribution in [0, 0.1) is 0 Å². The maximum absolute atomic E-state index is 5.66. The third-order valence-corrected chi connectivity index (χ3v) is 3.22. The zero-order valence-electron chi connectivity index (χ0n) is 11.4. The summed E-state index contributed by atoms with van der Waals surface area (Å²) in [6, 6.07) is 3.61. The molecular formula is C13H18N4O3. The van der Waals surface area contributed by atoms with Crippen LogP contribution < -0.4 is 5.32 Å². The van der Waals surface area contributed by atoms with Crippen molar-refractivity contribution >= 4 is 0 Å². The summed E-state index contributed by atoms with van der Waals surface area (Å²) < 4.78 is 16.2. The van der Waals surface area contributed by atoms with E-state index in [-0.39, 0.29) is 6.10 Å². The van der Waals surface area contributed by atoms with Crippen LogP contribution >= 0.6 is 0 Å². The Morgan fingerprint density at radius 3 is 3.25 bits per heavy atom. The van der Waals surface area contributed by atoms with Crippen molar-refractivity contribution in [1.29, 1.82) is 0 Å². The van der Waals surface area contributed by atoms with Gasteiger partial charge in [-0.15, -0.1) is 0 Å². The van der Waals surface area contributed by atoms with Gasteiger partial charge in [-0.1, -0.05) is 5.16 Å². The van der Waals surface area contributed by atoms with Gasteiger partial charge in [0.2, 0.25) is 11.7 Å². The number of likely N-dealkylation sites (N-methyl/N-ethyl adjacent to an activating group) is 1. The van der Waals surface area contributed by atoms with Crippen LogP contribution in [0.3, 0.4) is 0 Å². The third kappa shape index (κ3) is 3.06. The van der Waals surface area contributed by atoms with Crippen molar-refractivity contribution in [2.24, 2.45) is 0 Å². The Hall–Kier alpha value is -1.70. The molecule has 1 aliphatic heterocycles. The Morgan fingerprint density at radius 2 is 2.45 bits per heavy atom. The van der Waals surface area contributed by atoms with Crippen LogP contribution in [0.15, 0.2) is 27.3 Å². The number of hydrogen-bond acceptors (Lipinski definition) is 7. The van der Waals surface area contributed by atoms with Crippen molar-refractivity contribution < 1.29 is 13.7 Å². The summed E-state index contributed by atoms with van der Waals surface area (Å²) in [6.45, 7) is 3.94. The monoisotopic (exact) mass is 278 g/mol. The van der Waals surface area contributed by atoms with Crippen LogP contribution in [0.5, 0.6) is 0 Å². The molecule has 7 heteroatoms. The predicted molar refractivity (Wildman–Crippen MR) is 70.9 cm³/mol. The summed E-state index contributed by atoms with van der Waals surface area (Å²) in [7, 11) is 1.93. The fourth-order valence-electron chi connectivity index (χ4n) is 2.29.